The number of sulfonamides is 1. The first kappa shape index (κ1) is 41.6. The summed E-state index contributed by atoms with van der Waals surface area (Å²) in [4.78, 5) is 35.7. The van der Waals surface area contributed by atoms with Crippen LogP contribution in [0.5, 0.6) is 17.2 Å². The molecule has 3 aromatic carbocycles. The minimum Gasteiger partial charge on any atom is -0.454 e. The lowest BCUT2D eigenvalue weighted by Crippen LogP contribution is -2.52. The molecule has 57 heavy (non-hydrogen) atoms. The van der Waals surface area contributed by atoms with Crippen molar-refractivity contribution in [3.63, 3.8) is 0 Å². The predicted octanol–water partition coefficient (Wildman–Crippen LogP) is 5.19. The summed E-state index contributed by atoms with van der Waals surface area (Å²) in [6.07, 6.45) is -1.71. The second-order valence-corrected chi connectivity index (χ2v) is 16.8. The van der Waals surface area contributed by atoms with Gasteiger partial charge in [0.2, 0.25) is 16.8 Å². The van der Waals surface area contributed by atoms with Crippen molar-refractivity contribution in [2.24, 2.45) is 11.3 Å². The van der Waals surface area contributed by atoms with Gasteiger partial charge in [0, 0.05) is 31.3 Å². The van der Waals surface area contributed by atoms with E-state index in [0.717, 1.165) is 5.56 Å². The van der Waals surface area contributed by atoms with Gasteiger partial charge in [0.05, 0.1) is 47.7 Å². The summed E-state index contributed by atoms with van der Waals surface area (Å²) in [7, 11) is -4.26. The topological polar surface area (TPSA) is 212 Å². The molecule has 2 fully saturated rings. The maximum Gasteiger partial charge on any atom is 0.513 e. The number of nitro benzene ring substituents is 1. The fourth-order valence-corrected chi connectivity index (χ4v) is 8.63. The highest BCUT2D eigenvalue weighted by atomic mass is 32.2. The fourth-order valence-electron chi connectivity index (χ4n) is 6.97. The number of amides is 1. The molecule has 0 saturated carbocycles. The number of aliphatic hydroxyl groups excluding tert-OH is 1. The van der Waals surface area contributed by atoms with E-state index in [1.807, 2.05) is 44.2 Å². The highest BCUT2D eigenvalue weighted by Crippen LogP contribution is 2.36. The number of nitrogens with one attached hydrogen (secondary N) is 1. The first-order chi connectivity index (χ1) is 27.3. The van der Waals surface area contributed by atoms with Crippen LogP contribution < -0.4 is 19.5 Å². The summed E-state index contributed by atoms with van der Waals surface area (Å²) in [5.41, 5.74) is 0.0120. The van der Waals surface area contributed by atoms with Crippen LogP contribution in [0.4, 0.5) is 15.3 Å². The number of ether oxygens (including phenoxy) is 7. The Morgan fingerprint density at radius 1 is 1.04 bits per heavy atom. The number of carbonyl (C=O) groups excluding carboxylic acids is 2. The number of nitro groups is 1. The number of carbonyl (C=O) groups is 2. The number of alkyl carbamates (subject to hydrolysis) is 1. The van der Waals surface area contributed by atoms with Crippen molar-refractivity contribution >= 4 is 28.0 Å². The Kier molecular flexibility index (Phi) is 13.5. The Morgan fingerprint density at radius 2 is 1.79 bits per heavy atom. The fraction of sp³-hybridized carbons (Fsp3) is 0.487. The molecule has 18 heteroatoms. The molecule has 0 bridgehead atoms. The smallest absolute Gasteiger partial charge is 0.454 e. The minimum atomic E-state index is -4.26. The predicted molar refractivity (Wildman–Crippen MR) is 201 cm³/mol. The number of non-ortho nitro benzene ring substituents is 1. The third kappa shape index (κ3) is 11.1. The second-order valence-electron chi connectivity index (χ2n) is 14.9. The van der Waals surface area contributed by atoms with Crippen molar-refractivity contribution in [3.8, 4) is 17.2 Å². The molecule has 3 aliphatic rings. The van der Waals surface area contributed by atoms with Crippen molar-refractivity contribution in [1.29, 1.82) is 0 Å². The van der Waals surface area contributed by atoms with E-state index in [9.17, 15) is 33.2 Å². The van der Waals surface area contributed by atoms with E-state index in [4.69, 9.17) is 33.2 Å². The summed E-state index contributed by atoms with van der Waals surface area (Å²) < 4.78 is 68.1. The van der Waals surface area contributed by atoms with Crippen LogP contribution in [0.25, 0.3) is 0 Å². The third-order valence-electron chi connectivity index (χ3n) is 10.0. The third-order valence-corrected chi connectivity index (χ3v) is 11.8. The molecule has 0 aromatic heterocycles. The lowest BCUT2D eigenvalue weighted by molar-refractivity contribution is -0.384. The lowest BCUT2D eigenvalue weighted by atomic mass is 9.87. The molecular formula is C39H47N3O14S. The first-order valence-corrected chi connectivity index (χ1v) is 20.1. The van der Waals surface area contributed by atoms with Gasteiger partial charge in [-0.05, 0) is 67.3 Å². The van der Waals surface area contributed by atoms with E-state index in [-0.39, 0.29) is 67.5 Å². The molecule has 5 atom stereocenters. The average molecular weight is 814 g/mol. The van der Waals surface area contributed by atoms with Gasteiger partial charge in [-0.1, -0.05) is 44.2 Å². The number of rotatable bonds is 18. The number of nitrogens with zero attached hydrogens (tertiary/aromatic N) is 2. The molecular weight excluding hydrogens is 767 g/mol. The van der Waals surface area contributed by atoms with Gasteiger partial charge in [0.25, 0.3) is 5.69 Å². The van der Waals surface area contributed by atoms with Crippen LogP contribution in [0.1, 0.15) is 45.1 Å². The Morgan fingerprint density at radius 3 is 2.54 bits per heavy atom. The first-order valence-electron chi connectivity index (χ1n) is 18.7. The zero-order chi connectivity index (χ0) is 40.6. The number of aliphatic hydroxyl groups is 1. The molecule has 17 nitrogen and oxygen atoms in total. The van der Waals surface area contributed by atoms with E-state index in [0.29, 0.717) is 38.0 Å². The van der Waals surface area contributed by atoms with Gasteiger partial charge < -0.3 is 43.6 Å². The summed E-state index contributed by atoms with van der Waals surface area (Å²) in [6.45, 7) is 4.06. The molecule has 1 amide bonds. The zero-order valence-corrected chi connectivity index (χ0v) is 32.5. The lowest BCUT2D eigenvalue weighted by Gasteiger charge is -2.35. The van der Waals surface area contributed by atoms with Gasteiger partial charge in [-0.2, -0.15) is 4.31 Å². The van der Waals surface area contributed by atoms with Crippen LogP contribution in [0.3, 0.4) is 0 Å². The number of unbranched alkanes of at least 4 members (excludes halogenated alkanes) is 1. The maximum absolute atomic E-state index is 14.4. The summed E-state index contributed by atoms with van der Waals surface area (Å²) >= 11 is 0. The largest absolute Gasteiger partial charge is 0.513 e. The number of benzene rings is 3. The van der Waals surface area contributed by atoms with Gasteiger partial charge in [-0.25, -0.2) is 18.0 Å². The van der Waals surface area contributed by atoms with E-state index >= 15 is 0 Å². The van der Waals surface area contributed by atoms with Crippen LogP contribution >= 0.6 is 0 Å². The van der Waals surface area contributed by atoms with Crippen molar-refractivity contribution in [2.75, 3.05) is 39.7 Å². The highest BCUT2D eigenvalue weighted by Gasteiger charge is 2.44. The van der Waals surface area contributed by atoms with Crippen molar-refractivity contribution in [2.45, 2.75) is 75.4 Å². The summed E-state index contributed by atoms with van der Waals surface area (Å²) in [5, 5.41) is 25.5. The monoisotopic (exact) mass is 813 g/mol. The summed E-state index contributed by atoms with van der Waals surface area (Å²) in [5.74, 6) is 0.686. The molecule has 0 aliphatic carbocycles. The van der Waals surface area contributed by atoms with E-state index in [2.05, 4.69) is 5.32 Å². The average Bonchev–Trinajstić information content (AvgIpc) is 3.94. The van der Waals surface area contributed by atoms with Crippen LogP contribution in [0.2, 0.25) is 0 Å². The van der Waals surface area contributed by atoms with Crippen molar-refractivity contribution < 1.29 is 61.2 Å². The normalized spacial score (nSPS) is 19.8. The van der Waals surface area contributed by atoms with Crippen molar-refractivity contribution in [3.05, 3.63) is 88.5 Å². The molecule has 3 heterocycles. The van der Waals surface area contributed by atoms with Crippen LogP contribution in [-0.4, -0.2) is 99.2 Å². The van der Waals surface area contributed by atoms with Crippen LogP contribution in [0, 0.1) is 21.4 Å². The Balaban J connectivity index is 1.12. The van der Waals surface area contributed by atoms with E-state index in [1.54, 1.807) is 0 Å². The Hall–Kier alpha value is -5.01. The number of hydrogen-bond donors (Lipinski definition) is 2. The maximum atomic E-state index is 14.4. The van der Waals surface area contributed by atoms with E-state index < -0.39 is 57.1 Å². The number of fused-ring (bicyclic) bond motifs is 2. The van der Waals surface area contributed by atoms with Crippen LogP contribution in [0.15, 0.2) is 77.7 Å². The molecule has 0 spiro atoms. The van der Waals surface area contributed by atoms with Gasteiger partial charge in [-0.15, -0.1) is 0 Å². The molecule has 0 unspecified atom stereocenters. The molecule has 0 radical (unpaired) electrons. The highest BCUT2D eigenvalue weighted by molar-refractivity contribution is 7.89. The summed E-state index contributed by atoms with van der Waals surface area (Å²) in [6, 6.07) is 17.6. The molecule has 2 saturated heterocycles. The standard InChI is InChI=1S/C39H47N3O14S/c1-39(2,17-6-7-18-51-38(45)55-28-12-10-27(11-13-28)42(46)47)24-41(57(48,49)29-14-15-33-34(21-29)54-25-53-33)22-32(43)31(20-26-8-4-3-5-9-26)40-37(44)56-35-23-52-36-30(35)16-19-50-36/h3-5,8-15,21,30-32,35-36,43H,6-7,16-20,22-25H2,1-2H3,(H,40,44)/t30-,31-,32+,35-,36+/m0/s1. The molecule has 2 N–H and O–H groups in total. The quantitative estimate of drug-likeness (QED) is 0.0557. The molecule has 3 aromatic rings. The van der Waals surface area contributed by atoms with Gasteiger partial charge >= 0.3 is 12.2 Å². The van der Waals surface area contributed by atoms with Crippen LogP contribution in [-0.2, 0) is 35.4 Å². The molecule has 6 rings (SSSR count). The van der Waals surface area contributed by atoms with Crippen molar-refractivity contribution in [1.82, 2.24) is 9.62 Å². The zero-order valence-electron chi connectivity index (χ0n) is 31.7. The van der Waals surface area contributed by atoms with Gasteiger partial charge in [0.15, 0.2) is 17.8 Å². The molecule has 3 aliphatic heterocycles. The number of hydrogen-bond acceptors (Lipinski definition) is 14. The minimum absolute atomic E-state index is 0.0180. The SMILES string of the molecule is CC(C)(CCCCOC(=O)Oc1ccc([N+](=O)[O-])cc1)CN(C[C@@H](O)[C@H](Cc1ccccc1)NC(=O)O[C@H]1CO[C@H]2OCC[C@H]21)S(=O)(=O)c1ccc2c(c1)OCO2. The van der Waals surface area contributed by atoms with Gasteiger partial charge in [0.1, 0.15) is 11.9 Å². The van der Waals surface area contributed by atoms with Gasteiger partial charge in [-0.3, -0.25) is 10.1 Å². The van der Waals surface area contributed by atoms with E-state index in [1.165, 1.54) is 46.8 Å². The Labute approximate surface area is 330 Å². The second kappa shape index (κ2) is 18.5. The Bertz CT molecular complexity index is 1960. The molecule has 308 valence electrons.